The third-order valence-electron chi connectivity index (χ3n) is 6.56. The van der Waals surface area contributed by atoms with Gasteiger partial charge in [0.1, 0.15) is 5.69 Å². The highest BCUT2D eigenvalue weighted by molar-refractivity contribution is 5.92. The molecule has 3 saturated heterocycles. The van der Waals surface area contributed by atoms with Crippen LogP contribution in [0.4, 0.5) is 0 Å². The van der Waals surface area contributed by atoms with Crippen molar-refractivity contribution in [2.45, 2.75) is 32.2 Å². The first-order chi connectivity index (χ1) is 13.0. The summed E-state index contributed by atoms with van der Waals surface area (Å²) in [5.74, 6) is 0.0218. The Kier molecular flexibility index (Phi) is 5.43. The van der Waals surface area contributed by atoms with Crippen LogP contribution in [0.1, 0.15) is 35.4 Å². The van der Waals surface area contributed by atoms with Crippen LogP contribution >= 0.6 is 0 Å². The van der Waals surface area contributed by atoms with Crippen molar-refractivity contribution >= 4 is 5.91 Å². The van der Waals surface area contributed by atoms with Crippen LogP contribution in [0.25, 0.3) is 0 Å². The Bertz CT molecular complexity index is 651. The molecular weight excluding hydrogens is 342 g/mol. The fraction of sp³-hybridized carbons (Fsp3) is 0.750. The summed E-state index contributed by atoms with van der Waals surface area (Å²) in [5.41, 5.74) is 1.66. The largest absolute Gasteiger partial charge is 0.379 e. The van der Waals surface area contributed by atoms with Crippen LogP contribution in [-0.4, -0.2) is 96.1 Å². The van der Waals surface area contributed by atoms with E-state index < -0.39 is 0 Å². The molecule has 0 aromatic carbocycles. The van der Waals surface area contributed by atoms with Gasteiger partial charge < -0.3 is 14.5 Å². The number of likely N-dealkylation sites (tertiary alicyclic amines) is 2. The summed E-state index contributed by atoms with van der Waals surface area (Å²) in [7, 11) is 2.26. The maximum absolute atomic E-state index is 12.7. The Hall–Kier alpha value is -1.57. The van der Waals surface area contributed by atoms with Gasteiger partial charge >= 0.3 is 0 Å². The minimum absolute atomic E-state index is 0.0218. The molecule has 1 aromatic heterocycles. The highest BCUT2D eigenvalue weighted by atomic mass is 16.5. The predicted molar refractivity (Wildman–Crippen MR) is 103 cm³/mol. The molecular formula is C20H31N5O2. The fourth-order valence-corrected chi connectivity index (χ4v) is 4.88. The maximum atomic E-state index is 12.7. The van der Waals surface area contributed by atoms with Crippen LogP contribution in [0, 0.1) is 12.3 Å². The third-order valence-corrected chi connectivity index (χ3v) is 6.56. The van der Waals surface area contributed by atoms with Gasteiger partial charge in [-0.25, -0.2) is 4.98 Å². The number of aryl methyl sites for hydroxylation is 1. The number of morpholine rings is 1. The van der Waals surface area contributed by atoms with Crippen LogP contribution in [0.2, 0.25) is 0 Å². The van der Waals surface area contributed by atoms with E-state index in [2.05, 4.69) is 26.8 Å². The summed E-state index contributed by atoms with van der Waals surface area (Å²) in [5, 5.41) is 0. The van der Waals surface area contributed by atoms with Crippen LogP contribution < -0.4 is 0 Å². The lowest BCUT2D eigenvalue weighted by Gasteiger charge is -2.39. The normalized spacial score (nSPS) is 26.6. The monoisotopic (exact) mass is 373 g/mol. The Morgan fingerprint density at radius 3 is 2.59 bits per heavy atom. The molecule has 0 aliphatic carbocycles. The van der Waals surface area contributed by atoms with Gasteiger partial charge in [-0.05, 0) is 38.6 Å². The van der Waals surface area contributed by atoms with Crippen molar-refractivity contribution in [3.05, 3.63) is 23.8 Å². The lowest BCUT2D eigenvalue weighted by molar-refractivity contribution is 0.0283. The fourth-order valence-electron chi connectivity index (χ4n) is 4.88. The Morgan fingerprint density at radius 1 is 1.19 bits per heavy atom. The summed E-state index contributed by atoms with van der Waals surface area (Å²) < 4.78 is 5.48. The van der Waals surface area contributed by atoms with Crippen molar-refractivity contribution in [3.8, 4) is 0 Å². The highest BCUT2D eigenvalue weighted by Gasteiger charge is 2.45. The van der Waals surface area contributed by atoms with Gasteiger partial charge in [-0.3, -0.25) is 14.7 Å². The smallest absolute Gasteiger partial charge is 0.274 e. The SMILES string of the molecule is Cc1cnc(C(=O)N2CCC3(CC2)CC(CN2CCOCC2)N(C)C3)cn1. The van der Waals surface area contributed by atoms with E-state index in [1.807, 2.05) is 11.8 Å². The van der Waals surface area contributed by atoms with Crippen molar-refractivity contribution in [3.63, 3.8) is 0 Å². The minimum Gasteiger partial charge on any atom is -0.379 e. The van der Waals surface area contributed by atoms with E-state index in [9.17, 15) is 4.79 Å². The van der Waals surface area contributed by atoms with Crippen LogP contribution in [-0.2, 0) is 4.74 Å². The molecule has 0 radical (unpaired) electrons. The number of hydrogen-bond acceptors (Lipinski definition) is 6. The molecule has 1 unspecified atom stereocenters. The van der Waals surface area contributed by atoms with Gasteiger partial charge in [-0.1, -0.05) is 0 Å². The number of ether oxygens (including phenoxy) is 1. The van der Waals surface area contributed by atoms with Crippen LogP contribution in [0.3, 0.4) is 0 Å². The first-order valence-corrected chi connectivity index (χ1v) is 10.1. The second-order valence-electron chi connectivity index (χ2n) is 8.52. The van der Waals surface area contributed by atoms with Gasteiger partial charge in [0.15, 0.2) is 0 Å². The summed E-state index contributed by atoms with van der Waals surface area (Å²) in [6, 6.07) is 0.619. The number of hydrogen-bond donors (Lipinski definition) is 0. The molecule has 7 nitrogen and oxygen atoms in total. The summed E-state index contributed by atoms with van der Waals surface area (Å²) in [6.45, 7) is 9.65. The molecule has 4 heterocycles. The van der Waals surface area contributed by atoms with E-state index in [0.717, 1.165) is 71.0 Å². The van der Waals surface area contributed by atoms with Crippen LogP contribution in [0.5, 0.6) is 0 Å². The predicted octanol–water partition coefficient (Wildman–Crippen LogP) is 1.04. The molecule has 3 fully saturated rings. The van der Waals surface area contributed by atoms with E-state index in [4.69, 9.17) is 4.74 Å². The van der Waals surface area contributed by atoms with Gasteiger partial charge in [-0.2, -0.15) is 0 Å². The molecule has 1 spiro atoms. The molecule has 3 aliphatic heterocycles. The third kappa shape index (κ3) is 4.15. The highest BCUT2D eigenvalue weighted by Crippen LogP contribution is 2.43. The second kappa shape index (κ2) is 7.81. The quantitative estimate of drug-likeness (QED) is 0.789. The molecule has 0 N–H and O–H groups in total. The number of nitrogens with zero attached hydrogens (tertiary/aromatic N) is 5. The van der Waals surface area contributed by atoms with Gasteiger partial charge in [0.2, 0.25) is 0 Å². The molecule has 148 valence electrons. The Labute approximate surface area is 161 Å². The van der Waals surface area contributed by atoms with Crippen molar-refractivity contribution in [1.29, 1.82) is 0 Å². The van der Waals surface area contributed by atoms with Crippen molar-refractivity contribution < 1.29 is 9.53 Å². The average Bonchev–Trinajstić information content (AvgIpc) is 2.98. The van der Waals surface area contributed by atoms with Gasteiger partial charge in [0.25, 0.3) is 5.91 Å². The first-order valence-electron chi connectivity index (χ1n) is 10.1. The molecule has 0 saturated carbocycles. The van der Waals surface area contributed by atoms with Crippen molar-refractivity contribution in [1.82, 2.24) is 24.7 Å². The van der Waals surface area contributed by atoms with Gasteiger partial charge in [0, 0.05) is 51.5 Å². The number of carbonyl (C=O) groups excluding carboxylic acids is 1. The van der Waals surface area contributed by atoms with E-state index in [1.54, 1.807) is 12.4 Å². The number of amides is 1. The van der Waals surface area contributed by atoms with E-state index in [-0.39, 0.29) is 5.91 Å². The molecule has 0 bridgehead atoms. The number of likely N-dealkylation sites (N-methyl/N-ethyl adjacent to an activating group) is 1. The van der Waals surface area contributed by atoms with Crippen molar-refractivity contribution in [2.24, 2.45) is 5.41 Å². The van der Waals surface area contributed by atoms with E-state index in [0.29, 0.717) is 17.2 Å². The number of aromatic nitrogens is 2. The Balaban J connectivity index is 1.32. The average molecular weight is 374 g/mol. The molecule has 1 amide bonds. The molecule has 3 aliphatic rings. The Morgan fingerprint density at radius 2 is 1.93 bits per heavy atom. The summed E-state index contributed by atoms with van der Waals surface area (Å²) in [4.78, 5) is 28.2. The summed E-state index contributed by atoms with van der Waals surface area (Å²) in [6.07, 6.45) is 6.68. The maximum Gasteiger partial charge on any atom is 0.274 e. The molecule has 27 heavy (non-hydrogen) atoms. The van der Waals surface area contributed by atoms with Crippen LogP contribution in [0.15, 0.2) is 12.4 Å². The van der Waals surface area contributed by atoms with Gasteiger partial charge in [0.05, 0.1) is 25.1 Å². The molecule has 4 rings (SSSR count). The van der Waals surface area contributed by atoms with Gasteiger partial charge in [-0.15, -0.1) is 0 Å². The standard InChI is InChI=1S/C20H31N5O2/c1-16-12-22-18(13-21-16)19(26)25-5-3-20(4-6-25)11-17(23(2)15-20)14-24-7-9-27-10-8-24/h12-13,17H,3-11,14-15H2,1-2H3. The molecule has 1 aromatic rings. The minimum atomic E-state index is 0.0218. The number of piperidine rings is 1. The zero-order chi connectivity index (χ0) is 18.9. The molecule has 7 heteroatoms. The van der Waals surface area contributed by atoms with E-state index >= 15 is 0 Å². The lowest BCUT2D eigenvalue weighted by Crippen LogP contribution is -2.44. The summed E-state index contributed by atoms with van der Waals surface area (Å²) >= 11 is 0. The molecule has 1 atom stereocenters. The number of carbonyl (C=O) groups is 1. The lowest BCUT2D eigenvalue weighted by atomic mass is 9.76. The van der Waals surface area contributed by atoms with E-state index in [1.165, 1.54) is 6.42 Å². The topological polar surface area (TPSA) is 61.8 Å². The second-order valence-corrected chi connectivity index (χ2v) is 8.52. The number of rotatable bonds is 3. The zero-order valence-electron chi connectivity index (χ0n) is 16.6. The zero-order valence-corrected chi connectivity index (χ0v) is 16.6. The van der Waals surface area contributed by atoms with Crippen molar-refractivity contribution in [2.75, 3.05) is 59.5 Å². The first kappa shape index (κ1) is 18.8.